The molecule has 1 aromatic carbocycles. The molecule has 1 unspecified atom stereocenters. The van der Waals surface area contributed by atoms with E-state index in [-0.39, 0.29) is 5.56 Å². The van der Waals surface area contributed by atoms with E-state index in [9.17, 15) is 18.0 Å². The fourth-order valence-corrected chi connectivity index (χ4v) is 1.15. The van der Waals surface area contributed by atoms with Gasteiger partial charge in [-0.3, -0.25) is 0 Å². The molecule has 0 saturated heterocycles. The van der Waals surface area contributed by atoms with Crippen LogP contribution >= 0.6 is 0 Å². The number of hydrogen-bond donors (Lipinski definition) is 2. The smallest absolute Gasteiger partial charge is 0.337 e. The maximum Gasteiger partial charge on any atom is 0.337 e. The van der Waals surface area contributed by atoms with E-state index in [1.807, 2.05) is 0 Å². The molecule has 1 rings (SSSR count). The fourth-order valence-electron chi connectivity index (χ4n) is 1.15. The highest BCUT2D eigenvalue weighted by Crippen LogP contribution is 2.30. The van der Waals surface area contributed by atoms with Gasteiger partial charge in [0.2, 0.25) is 0 Å². The van der Waals surface area contributed by atoms with Crippen LogP contribution in [0.5, 0.6) is 0 Å². The Kier molecular flexibility index (Phi) is 3.18. The van der Waals surface area contributed by atoms with Gasteiger partial charge in [-0.05, 0) is 6.07 Å². The molecule has 6 heteroatoms. The topological polar surface area (TPSA) is 63.3 Å². The third-order valence-electron chi connectivity index (χ3n) is 1.89. The molecule has 1 atom stereocenters. The van der Waals surface area contributed by atoms with Crippen LogP contribution in [-0.2, 0) is 0 Å². The number of para-hydroxylation sites is 1. The number of halogens is 3. The number of carboxylic acid groups (broad SMARTS) is 1. The van der Waals surface area contributed by atoms with Gasteiger partial charge in [0.25, 0.3) is 6.43 Å². The lowest BCUT2D eigenvalue weighted by molar-refractivity contribution is 0.0497. The van der Waals surface area contributed by atoms with Gasteiger partial charge in [-0.15, -0.1) is 0 Å². The molecule has 0 aliphatic heterocycles. The molecule has 0 saturated carbocycles. The van der Waals surface area contributed by atoms with E-state index in [0.29, 0.717) is 0 Å². The summed E-state index contributed by atoms with van der Waals surface area (Å²) in [5, 5.41) is 8.62. The van der Waals surface area contributed by atoms with Gasteiger partial charge in [0.15, 0.2) is 6.17 Å². The molecule has 3 nitrogen and oxygen atoms in total. The summed E-state index contributed by atoms with van der Waals surface area (Å²) < 4.78 is 37.0. The van der Waals surface area contributed by atoms with Gasteiger partial charge in [0.05, 0.1) is 11.3 Å². The predicted octanol–water partition coefficient (Wildman–Crippen LogP) is 2.24. The Bertz CT molecular complexity index is 382. The zero-order chi connectivity index (χ0) is 11.6. The Morgan fingerprint density at radius 1 is 1.33 bits per heavy atom. The standard InChI is InChI=1S/C9H8F3NO2/c10-6(8(11)12)4-2-1-3-5(7(4)13)9(14)15/h1-3,6,8H,13H2,(H,14,15). The zero-order valence-corrected chi connectivity index (χ0v) is 7.45. The van der Waals surface area contributed by atoms with Crippen LogP contribution in [0.2, 0.25) is 0 Å². The number of carbonyl (C=O) groups is 1. The normalized spacial score (nSPS) is 12.8. The van der Waals surface area contributed by atoms with Crippen molar-refractivity contribution < 1.29 is 23.1 Å². The summed E-state index contributed by atoms with van der Waals surface area (Å²) in [5.74, 6) is -1.38. The van der Waals surface area contributed by atoms with Crippen LogP contribution in [0.25, 0.3) is 0 Å². The fraction of sp³-hybridized carbons (Fsp3) is 0.222. The second-order valence-electron chi connectivity index (χ2n) is 2.85. The number of nitrogen functional groups attached to an aromatic ring is 1. The third kappa shape index (κ3) is 2.20. The summed E-state index contributed by atoms with van der Waals surface area (Å²) in [5.41, 5.74) is 3.93. The van der Waals surface area contributed by atoms with Crippen molar-refractivity contribution in [2.45, 2.75) is 12.6 Å². The number of alkyl halides is 3. The molecule has 0 spiro atoms. The van der Waals surface area contributed by atoms with Crippen molar-refractivity contribution in [2.75, 3.05) is 5.73 Å². The predicted molar refractivity (Wildman–Crippen MR) is 47.7 cm³/mol. The number of benzene rings is 1. The number of aromatic carboxylic acids is 1. The molecule has 0 aliphatic rings. The lowest BCUT2D eigenvalue weighted by atomic mass is 10.0. The van der Waals surface area contributed by atoms with Crippen molar-refractivity contribution in [3.05, 3.63) is 29.3 Å². The molecule has 0 aliphatic carbocycles. The monoisotopic (exact) mass is 219 g/mol. The molecule has 15 heavy (non-hydrogen) atoms. The molecule has 0 radical (unpaired) electrons. The first kappa shape index (κ1) is 11.4. The lowest BCUT2D eigenvalue weighted by Gasteiger charge is -2.11. The van der Waals surface area contributed by atoms with E-state index in [2.05, 4.69) is 0 Å². The second-order valence-corrected chi connectivity index (χ2v) is 2.85. The minimum atomic E-state index is -3.23. The Labute approximate surface area is 83.3 Å². The molecule has 0 aromatic heterocycles. The SMILES string of the molecule is Nc1c(C(=O)O)cccc1C(F)C(F)F. The maximum absolute atomic E-state index is 12.9. The minimum absolute atomic E-state index is 0.379. The van der Waals surface area contributed by atoms with Crippen LogP contribution in [0.4, 0.5) is 18.9 Å². The summed E-state index contributed by atoms with van der Waals surface area (Å²) >= 11 is 0. The van der Waals surface area contributed by atoms with Crippen LogP contribution in [0.15, 0.2) is 18.2 Å². The molecule has 0 amide bonds. The molecule has 3 N–H and O–H groups in total. The Morgan fingerprint density at radius 3 is 2.40 bits per heavy atom. The van der Waals surface area contributed by atoms with Crippen LogP contribution in [-0.4, -0.2) is 17.5 Å². The number of anilines is 1. The maximum atomic E-state index is 12.9. The molecule has 0 heterocycles. The van der Waals surface area contributed by atoms with E-state index >= 15 is 0 Å². The summed E-state index contributed by atoms with van der Waals surface area (Å²) in [7, 11) is 0. The van der Waals surface area contributed by atoms with Gasteiger partial charge < -0.3 is 10.8 Å². The number of carboxylic acids is 1. The van der Waals surface area contributed by atoms with Crippen molar-refractivity contribution in [1.29, 1.82) is 0 Å². The average molecular weight is 219 g/mol. The van der Waals surface area contributed by atoms with Gasteiger partial charge in [-0.2, -0.15) is 0 Å². The number of nitrogens with two attached hydrogens (primary N) is 1. The summed E-state index contributed by atoms with van der Waals surface area (Å²) in [6, 6.07) is 3.34. The van der Waals surface area contributed by atoms with E-state index in [1.54, 1.807) is 0 Å². The first-order valence-electron chi connectivity index (χ1n) is 3.99. The highest BCUT2D eigenvalue weighted by molar-refractivity contribution is 5.94. The zero-order valence-electron chi connectivity index (χ0n) is 7.45. The third-order valence-corrected chi connectivity index (χ3v) is 1.89. The first-order valence-corrected chi connectivity index (χ1v) is 3.99. The van der Waals surface area contributed by atoms with Crippen LogP contribution in [0, 0.1) is 0 Å². The lowest BCUT2D eigenvalue weighted by Crippen LogP contribution is -2.10. The largest absolute Gasteiger partial charge is 0.478 e. The minimum Gasteiger partial charge on any atom is -0.478 e. The van der Waals surface area contributed by atoms with Crippen LogP contribution < -0.4 is 5.73 Å². The highest BCUT2D eigenvalue weighted by atomic mass is 19.3. The van der Waals surface area contributed by atoms with Gasteiger partial charge in [0.1, 0.15) is 0 Å². The van der Waals surface area contributed by atoms with Crippen LogP contribution in [0.3, 0.4) is 0 Å². The summed E-state index contributed by atoms with van der Waals surface area (Å²) in [6.45, 7) is 0. The second kappa shape index (κ2) is 4.20. The average Bonchev–Trinajstić information content (AvgIpc) is 2.16. The van der Waals surface area contributed by atoms with Crippen molar-refractivity contribution >= 4 is 11.7 Å². The molecule has 1 aromatic rings. The molecular weight excluding hydrogens is 211 g/mol. The Balaban J connectivity index is 3.21. The first-order chi connectivity index (χ1) is 6.95. The molecule has 0 fully saturated rings. The van der Waals surface area contributed by atoms with Gasteiger partial charge in [-0.25, -0.2) is 18.0 Å². The van der Waals surface area contributed by atoms with E-state index in [1.165, 1.54) is 6.07 Å². The van der Waals surface area contributed by atoms with E-state index < -0.39 is 29.8 Å². The van der Waals surface area contributed by atoms with Crippen LogP contribution in [0.1, 0.15) is 22.1 Å². The van der Waals surface area contributed by atoms with Gasteiger partial charge >= 0.3 is 5.97 Å². The highest BCUT2D eigenvalue weighted by Gasteiger charge is 2.25. The van der Waals surface area contributed by atoms with Crippen molar-refractivity contribution in [3.8, 4) is 0 Å². The Hall–Kier alpha value is -1.72. The van der Waals surface area contributed by atoms with E-state index in [4.69, 9.17) is 10.8 Å². The molecule has 82 valence electrons. The van der Waals surface area contributed by atoms with Gasteiger partial charge in [0, 0.05) is 5.56 Å². The van der Waals surface area contributed by atoms with Crippen molar-refractivity contribution in [1.82, 2.24) is 0 Å². The Morgan fingerprint density at radius 2 is 1.93 bits per heavy atom. The molecule has 0 bridgehead atoms. The van der Waals surface area contributed by atoms with Gasteiger partial charge in [-0.1, -0.05) is 12.1 Å². The molecular formula is C9H8F3NO2. The van der Waals surface area contributed by atoms with E-state index in [0.717, 1.165) is 12.1 Å². The summed E-state index contributed by atoms with van der Waals surface area (Å²) in [4.78, 5) is 10.6. The summed E-state index contributed by atoms with van der Waals surface area (Å²) in [6.07, 6.45) is -5.79. The number of hydrogen-bond acceptors (Lipinski definition) is 2. The van der Waals surface area contributed by atoms with Crippen molar-refractivity contribution in [2.24, 2.45) is 0 Å². The van der Waals surface area contributed by atoms with Crippen molar-refractivity contribution in [3.63, 3.8) is 0 Å². The number of rotatable bonds is 3. The quantitative estimate of drug-likeness (QED) is 0.766.